The third-order valence-corrected chi connectivity index (χ3v) is 1.56. The van der Waals surface area contributed by atoms with Crippen molar-refractivity contribution in [3.05, 3.63) is 18.0 Å². The lowest BCUT2D eigenvalue weighted by Crippen LogP contribution is -2.04. The summed E-state index contributed by atoms with van der Waals surface area (Å²) >= 11 is 0. The lowest BCUT2D eigenvalue weighted by molar-refractivity contribution is 0.0533. The van der Waals surface area contributed by atoms with Crippen LogP contribution in [-0.4, -0.2) is 16.4 Å². The van der Waals surface area contributed by atoms with Gasteiger partial charge in [-0.1, -0.05) is 13.8 Å². The molecule has 0 radical (unpaired) electrons. The summed E-state index contributed by atoms with van der Waals surface area (Å²) in [4.78, 5) is 0. The van der Waals surface area contributed by atoms with Gasteiger partial charge in [-0.2, -0.15) is 13.9 Å². The van der Waals surface area contributed by atoms with Crippen molar-refractivity contribution in [1.29, 1.82) is 0 Å². The van der Waals surface area contributed by atoms with Crippen LogP contribution in [0.2, 0.25) is 0 Å². The SMILES string of the molecule is CC(C)COCc1ccn(C(F)F)n1. The summed E-state index contributed by atoms with van der Waals surface area (Å²) in [5, 5.41) is 3.65. The van der Waals surface area contributed by atoms with Crippen LogP contribution >= 0.6 is 0 Å². The van der Waals surface area contributed by atoms with Crippen LogP contribution < -0.4 is 0 Å². The van der Waals surface area contributed by atoms with Gasteiger partial charge in [0.15, 0.2) is 0 Å². The minimum atomic E-state index is -2.58. The molecule has 0 aliphatic rings. The van der Waals surface area contributed by atoms with Gasteiger partial charge in [-0.25, -0.2) is 4.68 Å². The zero-order valence-electron chi connectivity index (χ0n) is 8.28. The zero-order valence-corrected chi connectivity index (χ0v) is 8.28. The van der Waals surface area contributed by atoms with E-state index in [4.69, 9.17) is 4.74 Å². The lowest BCUT2D eigenvalue weighted by Gasteiger charge is -2.04. The molecule has 1 aromatic heterocycles. The van der Waals surface area contributed by atoms with Crippen LogP contribution in [0.15, 0.2) is 12.3 Å². The molecule has 1 rings (SSSR count). The van der Waals surface area contributed by atoms with E-state index in [1.807, 2.05) is 13.8 Å². The maximum Gasteiger partial charge on any atom is 0.333 e. The molecule has 0 aliphatic carbocycles. The first-order valence-electron chi connectivity index (χ1n) is 4.49. The van der Waals surface area contributed by atoms with Gasteiger partial charge in [-0.05, 0) is 12.0 Å². The van der Waals surface area contributed by atoms with Crippen LogP contribution in [0, 0.1) is 5.92 Å². The highest BCUT2D eigenvalue weighted by molar-refractivity contribution is 4.97. The Balaban J connectivity index is 2.36. The first kappa shape index (κ1) is 11.1. The molecule has 0 aliphatic heterocycles. The van der Waals surface area contributed by atoms with E-state index >= 15 is 0 Å². The molecule has 0 amide bonds. The molecule has 0 N–H and O–H groups in total. The molecule has 1 heterocycles. The van der Waals surface area contributed by atoms with Gasteiger partial charge in [0.05, 0.1) is 12.3 Å². The smallest absolute Gasteiger partial charge is 0.333 e. The van der Waals surface area contributed by atoms with Crippen LogP contribution in [0.4, 0.5) is 8.78 Å². The topological polar surface area (TPSA) is 27.1 Å². The molecule has 0 unspecified atom stereocenters. The lowest BCUT2D eigenvalue weighted by atomic mass is 10.2. The predicted octanol–water partition coefficient (Wildman–Crippen LogP) is 2.45. The van der Waals surface area contributed by atoms with Gasteiger partial charge >= 0.3 is 6.55 Å². The van der Waals surface area contributed by atoms with E-state index in [9.17, 15) is 8.78 Å². The van der Waals surface area contributed by atoms with Crippen molar-refractivity contribution >= 4 is 0 Å². The summed E-state index contributed by atoms with van der Waals surface area (Å²) in [5.74, 6) is 0.437. The molecular formula is C9H14F2N2O. The molecule has 0 spiro atoms. The Morgan fingerprint density at radius 1 is 1.50 bits per heavy atom. The van der Waals surface area contributed by atoms with Gasteiger partial charge in [0.25, 0.3) is 0 Å². The van der Waals surface area contributed by atoms with Gasteiger partial charge < -0.3 is 4.74 Å². The molecule has 0 atom stereocenters. The van der Waals surface area contributed by atoms with Crippen LogP contribution in [-0.2, 0) is 11.3 Å². The Hall–Kier alpha value is -0.970. The Morgan fingerprint density at radius 2 is 2.21 bits per heavy atom. The van der Waals surface area contributed by atoms with Crippen LogP contribution in [0.1, 0.15) is 26.1 Å². The molecule has 5 heteroatoms. The highest BCUT2D eigenvalue weighted by Crippen LogP contribution is 2.09. The van der Waals surface area contributed by atoms with Gasteiger partial charge in [0.2, 0.25) is 0 Å². The Kier molecular flexibility index (Phi) is 4.00. The summed E-state index contributed by atoms with van der Waals surface area (Å²) in [7, 11) is 0. The van der Waals surface area contributed by atoms with E-state index in [0.29, 0.717) is 22.9 Å². The van der Waals surface area contributed by atoms with E-state index in [1.165, 1.54) is 12.3 Å². The standard InChI is InChI=1S/C9H14F2N2O/c1-7(2)5-14-6-8-3-4-13(12-8)9(10)11/h3-4,7,9H,5-6H2,1-2H3. The average molecular weight is 204 g/mol. The van der Waals surface area contributed by atoms with Gasteiger partial charge in [-0.15, -0.1) is 0 Å². The molecule has 0 saturated heterocycles. The number of hydrogen-bond acceptors (Lipinski definition) is 2. The summed E-state index contributed by atoms with van der Waals surface area (Å²) < 4.78 is 30.1. The van der Waals surface area contributed by atoms with Gasteiger partial charge in [0, 0.05) is 12.8 Å². The minimum absolute atomic E-state index is 0.290. The molecule has 0 bridgehead atoms. The van der Waals surface area contributed by atoms with E-state index in [2.05, 4.69) is 5.10 Å². The quantitative estimate of drug-likeness (QED) is 0.736. The van der Waals surface area contributed by atoms with Crippen molar-refractivity contribution in [3.63, 3.8) is 0 Å². The summed E-state index contributed by atoms with van der Waals surface area (Å²) in [6, 6.07) is 1.53. The first-order valence-corrected chi connectivity index (χ1v) is 4.49. The van der Waals surface area contributed by atoms with Crippen molar-refractivity contribution in [1.82, 2.24) is 9.78 Å². The van der Waals surface area contributed by atoms with E-state index in [0.717, 1.165) is 0 Å². The predicted molar refractivity (Wildman–Crippen MR) is 48.0 cm³/mol. The number of hydrogen-bond donors (Lipinski definition) is 0. The molecule has 1 aromatic rings. The van der Waals surface area contributed by atoms with Gasteiger partial charge in [-0.3, -0.25) is 0 Å². The highest BCUT2D eigenvalue weighted by Gasteiger charge is 2.07. The zero-order chi connectivity index (χ0) is 10.6. The Bertz CT molecular complexity index is 274. The number of rotatable bonds is 5. The van der Waals surface area contributed by atoms with Crippen molar-refractivity contribution in [2.24, 2.45) is 5.92 Å². The van der Waals surface area contributed by atoms with Gasteiger partial charge in [0.1, 0.15) is 0 Å². The molecule has 80 valence electrons. The summed E-state index contributed by atoms with van der Waals surface area (Å²) in [6.45, 7) is 2.38. The maximum atomic E-state index is 12.1. The molecule has 0 saturated carbocycles. The number of aromatic nitrogens is 2. The Morgan fingerprint density at radius 3 is 2.71 bits per heavy atom. The number of halogens is 2. The number of ether oxygens (including phenoxy) is 1. The fourth-order valence-electron chi connectivity index (χ4n) is 0.962. The molecular weight excluding hydrogens is 190 g/mol. The molecule has 14 heavy (non-hydrogen) atoms. The largest absolute Gasteiger partial charge is 0.375 e. The van der Waals surface area contributed by atoms with E-state index in [1.54, 1.807) is 0 Å². The Labute approximate surface area is 81.7 Å². The summed E-state index contributed by atoms with van der Waals surface area (Å²) in [5.41, 5.74) is 0.533. The van der Waals surface area contributed by atoms with E-state index < -0.39 is 6.55 Å². The van der Waals surface area contributed by atoms with Crippen molar-refractivity contribution in [3.8, 4) is 0 Å². The summed E-state index contributed by atoms with van der Waals surface area (Å²) in [6.07, 6.45) is 1.25. The highest BCUT2D eigenvalue weighted by atomic mass is 19.3. The molecule has 3 nitrogen and oxygen atoms in total. The number of alkyl halides is 2. The average Bonchev–Trinajstić information content (AvgIpc) is 2.52. The molecule has 0 fully saturated rings. The fourth-order valence-corrected chi connectivity index (χ4v) is 0.962. The monoisotopic (exact) mass is 204 g/mol. The third-order valence-electron chi connectivity index (χ3n) is 1.56. The van der Waals surface area contributed by atoms with Crippen molar-refractivity contribution in [2.75, 3.05) is 6.61 Å². The fraction of sp³-hybridized carbons (Fsp3) is 0.667. The van der Waals surface area contributed by atoms with E-state index in [-0.39, 0.29) is 6.61 Å². The second kappa shape index (κ2) is 5.05. The minimum Gasteiger partial charge on any atom is -0.375 e. The van der Waals surface area contributed by atoms with Crippen LogP contribution in [0.25, 0.3) is 0 Å². The number of nitrogens with zero attached hydrogens (tertiary/aromatic N) is 2. The van der Waals surface area contributed by atoms with Crippen molar-refractivity contribution in [2.45, 2.75) is 27.0 Å². The second-order valence-electron chi connectivity index (χ2n) is 3.47. The molecule has 0 aromatic carbocycles. The van der Waals surface area contributed by atoms with Crippen LogP contribution in [0.3, 0.4) is 0 Å². The van der Waals surface area contributed by atoms with Crippen molar-refractivity contribution < 1.29 is 13.5 Å². The first-order chi connectivity index (χ1) is 6.59. The second-order valence-corrected chi connectivity index (χ2v) is 3.47. The van der Waals surface area contributed by atoms with Crippen LogP contribution in [0.5, 0.6) is 0 Å². The third kappa shape index (κ3) is 3.41. The maximum absolute atomic E-state index is 12.1. The normalized spacial score (nSPS) is 11.6.